The van der Waals surface area contributed by atoms with Crippen molar-refractivity contribution in [3.63, 3.8) is 0 Å². The topological polar surface area (TPSA) is 114 Å². The minimum absolute atomic E-state index is 0.0400. The van der Waals surface area contributed by atoms with Crippen LogP contribution in [0.4, 0.5) is 39.8 Å². The lowest BCUT2D eigenvalue weighted by Gasteiger charge is -2.29. The van der Waals surface area contributed by atoms with Crippen LogP contribution < -0.4 is 15.5 Å². The second-order valence-corrected chi connectivity index (χ2v) is 15.3. The Hall–Kier alpha value is -3.71. The van der Waals surface area contributed by atoms with E-state index in [4.69, 9.17) is 55.9 Å². The number of benzene rings is 3. The molecule has 262 valence electrons. The quantitative estimate of drug-likeness (QED) is 0.242. The third-order valence-electron chi connectivity index (χ3n) is 6.80. The number of hydrogen-bond acceptors (Lipinski definition) is 6. The number of nitrogens with zero attached hydrogens (tertiary/aromatic N) is 1. The molecule has 0 saturated heterocycles. The smallest absolute Gasteiger partial charge is 0.424 e. The molecule has 1 fully saturated rings. The van der Waals surface area contributed by atoms with Crippen LogP contribution in [0.3, 0.4) is 0 Å². The highest BCUT2D eigenvalue weighted by Crippen LogP contribution is 2.65. The summed E-state index contributed by atoms with van der Waals surface area (Å²) in [6, 6.07) is 8.65. The number of ether oxygens (including phenoxy) is 2. The van der Waals surface area contributed by atoms with Crippen molar-refractivity contribution in [2.75, 3.05) is 15.5 Å². The molecule has 0 heterocycles. The molecule has 0 radical (unpaired) electrons. The zero-order valence-corrected chi connectivity index (χ0v) is 29.8. The number of alkyl halides is 2. The molecular weight excluding hydrogens is 733 g/mol. The molecule has 9 nitrogen and oxygen atoms in total. The van der Waals surface area contributed by atoms with E-state index in [1.807, 2.05) is 0 Å². The number of amides is 4. The van der Waals surface area contributed by atoms with Crippen LogP contribution in [0.25, 0.3) is 0 Å². The Balaban J connectivity index is 1.59. The molecule has 0 bridgehead atoms. The predicted molar refractivity (Wildman–Crippen MR) is 181 cm³/mol. The Morgan fingerprint density at radius 2 is 1.35 bits per heavy atom. The zero-order valence-electron chi connectivity index (χ0n) is 26.8. The molecule has 4 rings (SSSR count). The number of halogens is 7. The monoisotopic (exact) mass is 761 g/mol. The van der Waals surface area contributed by atoms with Crippen LogP contribution in [0.2, 0.25) is 10.0 Å². The fraction of sp³-hybridized carbons (Fsp3) is 0.333. The van der Waals surface area contributed by atoms with E-state index < -0.39 is 85.8 Å². The highest BCUT2D eigenvalue weighted by molar-refractivity contribution is 6.53. The number of rotatable bonds is 6. The van der Waals surface area contributed by atoms with E-state index in [-0.39, 0.29) is 15.6 Å². The van der Waals surface area contributed by atoms with Gasteiger partial charge in [-0.1, -0.05) is 29.3 Å². The lowest BCUT2D eigenvalue weighted by atomic mass is 10.1. The lowest BCUT2D eigenvalue weighted by molar-refractivity contribution is -0.117. The van der Waals surface area contributed by atoms with Gasteiger partial charge in [-0.05, 0) is 83.5 Å². The first-order valence-corrected chi connectivity index (χ1v) is 16.0. The molecular formula is C33H30Cl4F3N3O6. The van der Waals surface area contributed by atoms with Crippen molar-refractivity contribution in [2.24, 2.45) is 5.92 Å². The van der Waals surface area contributed by atoms with Crippen molar-refractivity contribution < 1.29 is 41.8 Å². The highest BCUT2D eigenvalue weighted by Gasteiger charge is 2.67. The Kier molecular flexibility index (Phi) is 10.8. The van der Waals surface area contributed by atoms with Gasteiger partial charge in [0, 0.05) is 17.7 Å². The van der Waals surface area contributed by atoms with Crippen LogP contribution >= 0.6 is 46.4 Å². The SMILES string of the molecule is CC(C)(C)OC(=O)N(C(=O)OC(C)(C)C)c1cc(NC(=O)c2cc(NC(=O)[C@H]3[C@H](c4ccc(Cl)c(Cl)c4)C3(Cl)Cl)ccc2F)c(F)cc1F. The first-order chi connectivity index (χ1) is 22.5. The molecule has 3 aromatic carbocycles. The summed E-state index contributed by atoms with van der Waals surface area (Å²) < 4.78 is 53.9. The number of imide groups is 1. The van der Waals surface area contributed by atoms with Crippen LogP contribution in [0, 0.1) is 23.4 Å². The number of nitrogens with one attached hydrogen (secondary N) is 2. The molecule has 2 atom stereocenters. The molecule has 1 saturated carbocycles. The van der Waals surface area contributed by atoms with Crippen LogP contribution in [0.5, 0.6) is 0 Å². The zero-order chi connectivity index (χ0) is 36.8. The molecule has 1 aliphatic rings. The molecule has 0 aliphatic heterocycles. The Morgan fingerprint density at radius 3 is 1.90 bits per heavy atom. The maximum Gasteiger partial charge on any atom is 0.424 e. The first kappa shape index (κ1) is 38.1. The average Bonchev–Trinajstić information content (AvgIpc) is 3.53. The lowest BCUT2D eigenvalue weighted by Crippen LogP contribution is -2.44. The first-order valence-electron chi connectivity index (χ1n) is 14.5. The number of hydrogen-bond donors (Lipinski definition) is 2. The van der Waals surface area contributed by atoms with Gasteiger partial charge in [-0.15, -0.1) is 23.2 Å². The molecule has 0 spiro atoms. The minimum atomic E-state index is -1.51. The van der Waals surface area contributed by atoms with Crippen molar-refractivity contribution >= 4 is 87.5 Å². The van der Waals surface area contributed by atoms with Gasteiger partial charge in [0.15, 0.2) is 5.82 Å². The van der Waals surface area contributed by atoms with Gasteiger partial charge in [0.25, 0.3) is 5.91 Å². The van der Waals surface area contributed by atoms with Gasteiger partial charge in [-0.25, -0.2) is 22.8 Å². The van der Waals surface area contributed by atoms with Crippen molar-refractivity contribution in [2.45, 2.75) is 63.0 Å². The number of carbonyl (C=O) groups is 4. The van der Waals surface area contributed by atoms with Gasteiger partial charge in [0.05, 0.1) is 32.9 Å². The van der Waals surface area contributed by atoms with E-state index in [2.05, 4.69) is 10.6 Å². The summed E-state index contributed by atoms with van der Waals surface area (Å²) in [5.74, 6) is -7.27. The summed E-state index contributed by atoms with van der Waals surface area (Å²) >= 11 is 24.9. The second kappa shape index (κ2) is 13.9. The van der Waals surface area contributed by atoms with Gasteiger partial charge < -0.3 is 20.1 Å². The van der Waals surface area contributed by atoms with Crippen LogP contribution in [0.1, 0.15) is 63.4 Å². The minimum Gasteiger partial charge on any atom is -0.443 e. The second-order valence-electron chi connectivity index (χ2n) is 13.0. The normalized spacial score (nSPS) is 16.8. The van der Waals surface area contributed by atoms with E-state index in [9.17, 15) is 28.0 Å². The summed E-state index contributed by atoms with van der Waals surface area (Å²) in [4.78, 5) is 52.6. The molecule has 16 heteroatoms. The Bertz CT molecular complexity index is 1820. The highest BCUT2D eigenvalue weighted by atomic mass is 35.5. The van der Waals surface area contributed by atoms with Crippen LogP contribution in [-0.4, -0.2) is 39.5 Å². The molecule has 4 amide bonds. The number of carbonyl (C=O) groups excluding carboxylic acids is 4. The van der Waals surface area contributed by atoms with Gasteiger partial charge in [0.1, 0.15) is 27.2 Å². The predicted octanol–water partition coefficient (Wildman–Crippen LogP) is 9.87. The molecule has 49 heavy (non-hydrogen) atoms. The van der Waals surface area contributed by atoms with Crippen molar-refractivity contribution in [1.82, 2.24) is 0 Å². The fourth-order valence-electron chi connectivity index (χ4n) is 4.65. The maximum absolute atomic E-state index is 15.1. The summed E-state index contributed by atoms with van der Waals surface area (Å²) in [6.45, 7) is 8.98. The fourth-order valence-corrected chi connectivity index (χ4v) is 5.79. The van der Waals surface area contributed by atoms with Crippen LogP contribution in [-0.2, 0) is 14.3 Å². The largest absolute Gasteiger partial charge is 0.443 e. The molecule has 2 N–H and O–H groups in total. The summed E-state index contributed by atoms with van der Waals surface area (Å²) in [7, 11) is 0. The van der Waals surface area contributed by atoms with Gasteiger partial charge in [-0.3, -0.25) is 9.59 Å². The van der Waals surface area contributed by atoms with Crippen LogP contribution in [0.15, 0.2) is 48.5 Å². The maximum atomic E-state index is 15.1. The van der Waals surface area contributed by atoms with E-state index in [1.165, 1.54) is 59.7 Å². The van der Waals surface area contributed by atoms with Crippen molar-refractivity contribution in [3.8, 4) is 0 Å². The molecule has 1 aliphatic carbocycles. The van der Waals surface area contributed by atoms with Gasteiger partial charge >= 0.3 is 12.2 Å². The van der Waals surface area contributed by atoms with Crippen molar-refractivity contribution in [1.29, 1.82) is 0 Å². The third kappa shape index (κ3) is 8.91. The van der Waals surface area contributed by atoms with E-state index in [0.717, 1.165) is 12.1 Å². The van der Waals surface area contributed by atoms with Gasteiger partial charge in [0.2, 0.25) is 5.91 Å². The molecule has 0 unspecified atom stereocenters. The molecule has 0 aromatic heterocycles. The van der Waals surface area contributed by atoms with Gasteiger partial charge in [-0.2, -0.15) is 4.90 Å². The average molecular weight is 763 g/mol. The molecule has 3 aromatic rings. The van der Waals surface area contributed by atoms with Crippen molar-refractivity contribution in [3.05, 3.63) is 87.2 Å². The Labute approximate surface area is 299 Å². The standard InChI is InChI=1S/C33H30Cl4F3N3O6/c1-31(2,3)48-29(46)43(30(47)49-32(4,5)6)24-14-23(21(39)13-22(24)40)42-27(44)17-12-16(8-10-20(17)38)41-28(45)26-25(33(26,36)37)15-7-9-18(34)19(35)11-15/h7-14,25-26H,1-6H3,(H,41,45)(H,42,44)/t25-,26+/m0/s1. The van der Waals surface area contributed by atoms with E-state index in [0.29, 0.717) is 22.7 Å². The summed E-state index contributed by atoms with van der Waals surface area (Å²) in [5, 5.41) is 5.15. The summed E-state index contributed by atoms with van der Waals surface area (Å²) in [6.07, 6.45) is -2.71. The number of anilines is 3. The van der Waals surface area contributed by atoms with E-state index >= 15 is 4.39 Å². The Morgan fingerprint density at radius 1 is 0.755 bits per heavy atom. The summed E-state index contributed by atoms with van der Waals surface area (Å²) in [5.41, 5.74) is -3.97. The van der Waals surface area contributed by atoms with E-state index in [1.54, 1.807) is 6.07 Å². The third-order valence-corrected chi connectivity index (χ3v) is 8.47.